The summed E-state index contributed by atoms with van der Waals surface area (Å²) >= 11 is 3.58. The van der Waals surface area contributed by atoms with Crippen LogP contribution in [0.5, 0.6) is 0 Å². The van der Waals surface area contributed by atoms with Gasteiger partial charge >= 0.3 is 0 Å². The number of likely N-dealkylation sites (tertiary alicyclic amines) is 1. The third-order valence-corrected chi connectivity index (χ3v) is 4.73. The number of piperidine rings is 1. The van der Waals surface area contributed by atoms with Crippen LogP contribution in [0.3, 0.4) is 0 Å². The molecule has 1 aliphatic rings. The van der Waals surface area contributed by atoms with Crippen LogP contribution in [0.4, 0.5) is 0 Å². The highest BCUT2D eigenvalue weighted by molar-refractivity contribution is 9.10. The van der Waals surface area contributed by atoms with Gasteiger partial charge in [0.15, 0.2) is 0 Å². The minimum atomic E-state index is 0.0408. The van der Waals surface area contributed by atoms with E-state index in [4.69, 9.17) is 4.42 Å². The summed E-state index contributed by atoms with van der Waals surface area (Å²) in [5, 5.41) is 0. The molecular weight excluding hydrogens is 332 g/mol. The van der Waals surface area contributed by atoms with Crippen molar-refractivity contribution in [1.82, 2.24) is 9.88 Å². The van der Waals surface area contributed by atoms with E-state index in [1.807, 2.05) is 6.07 Å². The van der Waals surface area contributed by atoms with Crippen LogP contribution in [0.25, 0.3) is 0 Å². The molecule has 0 unspecified atom stereocenters. The zero-order valence-electron chi connectivity index (χ0n) is 11.7. The van der Waals surface area contributed by atoms with Crippen molar-refractivity contribution in [1.29, 1.82) is 0 Å². The Morgan fingerprint density at radius 3 is 2.76 bits per heavy atom. The van der Waals surface area contributed by atoms with Gasteiger partial charge in [-0.2, -0.15) is 0 Å². The van der Waals surface area contributed by atoms with Crippen LogP contribution in [-0.4, -0.2) is 28.8 Å². The Morgan fingerprint density at radius 1 is 1.33 bits per heavy atom. The van der Waals surface area contributed by atoms with Gasteiger partial charge in [-0.05, 0) is 37.6 Å². The number of oxazole rings is 1. The Balaban J connectivity index is 1.56. The lowest BCUT2D eigenvalue weighted by atomic mass is 9.92. The first kappa shape index (κ1) is 14.5. The van der Waals surface area contributed by atoms with Gasteiger partial charge in [0.25, 0.3) is 5.89 Å². The maximum atomic E-state index is 12.2. The SMILES string of the molecule is O=C(c1ncco1)C1CCN(Cc2ccccc2Br)CC1. The van der Waals surface area contributed by atoms with Crippen LogP contribution in [0.2, 0.25) is 0 Å². The first-order valence-electron chi connectivity index (χ1n) is 7.13. The number of benzene rings is 1. The van der Waals surface area contributed by atoms with E-state index in [-0.39, 0.29) is 17.6 Å². The number of carbonyl (C=O) groups is 1. The predicted octanol–water partition coefficient (Wildman–Crippen LogP) is 3.53. The van der Waals surface area contributed by atoms with Gasteiger partial charge in [-0.3, -0.25) is 9.69 Å². The highest BCUT2D eigenvalue weighted by atomic mass is 79.9. The van der Waals surface area contributed by atoms with Crippen molar-refractivity contribution >= 4 is 21.7 Å². The number of halogens is 1. The monoisotopic (exact) mass is 348 g/mol. The van der Waals surface area contributed by atoms with Gasteiger partial charge < -0.3 is 4.42 Å². The molecule has 1 fully saturated rings. The van der Waals surface area contributed by atoms with Crippen LogP contribution >= 0.6 is 15.9 Å². The molecule has 1 aliphatic heterocycles. The van der Waals surface area contributed by atoms with E-state index in [9.17, 15) is 4.79 Å². The summed E-state index contributed by atoms with van der Waals surface area (Å²) in [5.41, 5.74) is 1.29. The lowest BCUT2D eigenvalue weighted by Gasteiger charge is -2.30. The molecule has 0 atom stereocenters. The number of ketones is 1. The summed E-state index contributed by atoms with van der Waals surface area (Å²) < 4.78 is 6.25. The fourth-order valence-electron chi connectivity index (χ4n) is 2.74. The molecule has 110 valence electrons. The Labute approximate surface area is 132 Å². The molecule has 5 heteroatoms. The van der Waals surface area contributed by atoms with Crippen molar-refractivity contribution in [2.24, 2.45) is 5.92 Å². The average molecular weight is 349 g/mol. The predicted molar refractivity (Wildman–Crippen MR) is 83.0 cm³/mol. The van der Waals surface area contributed by atoms with Crippen LogP contribution in [0.1, 0.15) is 29.1 Å². The van der Waals surface area contributed by atoms with Gasteiger partial charge in [-0.1, -0.05) is 34.1 Å². The molecule has 0 aliphatic carbocycles. The second-order valence-electron chi connectivity index (χ2n) is 5.34. The van der Waals surface area contributed by atoms with Crippen LogP contribution in [0.15, 0.2) is 45.6 Å². The Morgan fingerprint density at radius 2 is 2.10 bits per heavy atom. The molecule has 0 N–H and O–H groups in total. The highest BCUT2D eigenvalue weighted by Gasteiger charge is 2.28. The summed E-state index contributed by atoms with van der Waals surface area (Å²) in [5.74, 6) is 0.332. The molecule has 21 heavy (non-hydrogen) atoms. The Kier molecular flexibility index (Phi) is 4.51. The molecule has 0 radical (unpaired) electrons. The Bertz CT molecular complexity index is 604. The topological polar surface area (TPSA) is 46.3 Å². The van der Waals surface area contributed by atoms with Crippen molar-refractivity contribution in [3.05, 3.63) is 52.7 Å². The van der Waals surface area contributed by atoms with E-state index in [1.165, 1.54) is 18.0 Å². The van der Waals surface area contributed by atoms with Gasteiger partial charge in [0.2, 0.25) is 5.78 Å². The fourth-order valence-corrected chi connectivity index (χ4v) is 3.15. The standard InChI is InChI=1S/C16H17BrN2O2/c17-14-4-2-1-3-13(14)11-19-8-5-12(6-9-19)15(20)16-18-7-10-21-16/h1-4,7,10,12H,5-6,8-9,11H2. The zero-order chi connectivity index (χ0) is 14.7. The van der Waals surface area contributed by atoms with Crippen molar-refractivity contribution in [2.45, 2.75) is 19.4 Å². The van der Waals surface area contributed by atoms with E-state index in [0.29, 0.717) is 0 Å². The van der Waals surface area contributed by atoms with Gasteiger partial charge in [0, 0.05) is 16.9 Å². The third kappa shape index (κ3) is 3.41. The number of Topliss-reactive ketones (excluding diaryl/α,β-unsaturated/α-hetero) is 1. The van der Waals surface area contributed by atoms with Crippen molar-refractivity contribution in [2.75, 3.05) is 13.1 Å². The first-order valence-corrected chi connectivity index (χ1v) is 7.93. The second-order valence-corrected chi connectivity index (χ2v) is 6.20. The van der Waals surface area contributed by atoms with Gasteiger partial charge in [-0.15, -0.1) is 0 Å². The molecule has 1 aromatic carbocycles. The van der Waals surface area contributed by atoms with E-state index in [2.05, 4.69) is 44.0 Å². The molecule has 0 amide bonds. The van der Waals surface area contributed by atoms with Crippen molar-refractivity contribution in [3.8, 4) is 0 Å². The normalized spacial score (nSPS) is 17.0. The minimum absolute atomic E-state index is 0.0408. The molecule has 2 heterocycles. The molecule has 1 aromatic heterocycles. The molecule has 2 aromatic rings. The largest absolute Gasteiger partial charge is 0.442 e. The Hall–Kier alpha value is -1.46. The van der Waals surface area contributed by atoms with E-state index in [1.54, 1.807) is 0 Å². The van der Waals surface area contributed by atoms with E-state index >= 15 is 0 Å². The quantitative estimate of drug-likeness (QED) is 0.793. The number of aromatic nitrogens is 1. The lowest BCUT2D eigenvalue weighted by molar-refractivity contribution is 0.0799. The van der Waals surface area contributed by atoms with Crippen LogP contribution in [-0.2, 0) is 6.54 Å². The molecule has 0 spiro atoms. The molecule has 3 rings (SSSR count). The van der Waals surface area contributed by atoms with Crippen LogP contribution < -0.4 is 0 Å². The number of hydrogen-bond donors (Lipinski definition) is 0. The van der Waals surface area contributed by atoms with E-state index in [0.717, 1.165) is 36.9 Å². The zero-order valence-corrected chi connectivity index (χ0v) is 13.3. The smallest absolute Gasteiger partial charge is 0.263 e. The second kappa shape index (κ2) is 6.54. The van der Waals surface area contributed by atoms with Crippen molar-refractivity contribution < 1.29 is 9.21 Å². The summed E-state index contributed by atoms with van der Waals surface area (Å²) in [4.78, 5) is 18.5. The summed E-state index contributed by atoms with van der Waals surface area (Å²) in [6.45, 7) is 2.78. The summed E-state index contributed by atoms with van der Waals surface area (Å²) in [6, 6.07) is 8.27. The lowest BCUT2D eigenvalue weighted by Crippen LogP contribution is -2.36. The average Bonchev–Trinajstić information content (AvgIpc) is 3.04. The van der Waals surface area contributed by atoms with E-state index < -0.39 is 0 Å². The van der Waals surface area contributed by atoms with Gasteiger partial charge in [0.05, 0.1) is 6.20 Å². The van der Waals surface area contributed by atoms with Crippen LogP contribution in [0, 0.1) is 5.92 Å². The number of rotatable bonds is 4. The number of hydrogen-bond acceptors (Lipinski definition) is 4. The molecule has 1 saturated heterocycles. The first-order chi connectivity index (χ1) is 10.2. The number of carbonyl (C=O) groups excluding carboxylic acids is 1. The van der Waals surface area contributed by atoms with Gasteiger partial charge in [0.1, 0.15) is 6.26 Å². The molecule has 0 saturated carbocycles. The maximum absolute atomic E-state index is 12.2. The molecular formula is C16H17BrN2O2. The third-order valence-electron chi connectivity index (χ3n) is 3.95. The summed E-state index contributed by atoms with van der Waals surface area (Å²) in [7, 11) is 0. The van der Waals surface area contributed by atoms with Crippen molar-refractivity contribution in [3.63, 3.8) is 0 Å². The molecule has 0 bridgehead atoms. The van der Waals surface area contributed by atoms with Gasteiger partial charge in [-0.25, -0.2) is 4.98 Å². The number of nitrogens with zero attached hydrogens (tertiary/aromatic N) is 2. The summed E-state index contributed by atoms with van der Waals surface area (Å²) in [6.07, 6.45) is 4.71. The molecule has 4 nitrogen and oxygen atoms in total. The fraction of sp³-hybridized carbons (Fsp3) is 0.375. The minimum Gasteiger partial charge on any atom is -0.442 e. The maximum Gasteiger partial charge on any atom is 0.263 e. The highest BCUT2D eigenvalue weighted by Crippen LogP contribution is 2.24.